The van der Waals surface area contributed by atoms with Crippen LogP contribution in [-0.2, 0) is 4.79 Å². The fourth-order valence-corrected chi connectivity index (χ4v) is 0.463. The number of hydrogen-bond acceptors (Lipinski definition) is 2. The molecule has 1 aliphatic rings. The van der Waals surface area contributed by atoms with Crippen molar-refractivity contribution in [2.75, 3.05) is 6.54 Å². The first-order valence-electron chi connectivity index (χ1n) is 2.11. The number of carbonyl (C=O) groups excluding carboxylic acids is 1. The van der Waals surface area contributed by atoms with Gasteiger partial charge in [-0.1, -0.05) is 0 Å². The van der Waals surface area contributed by atoms with Crippen molar-refractivity contribution in [1.82, 2.24) is 5.01 Å². The molecule has 0 N–H and O–H groups in total. The predicted molar refractivity (Wildman–Crippen MR) is 25.5 cm³/mol. The Morgan fingerprint density at radius 3 is 3.00 bits per heavy atom. The Morgan fingerprint density at radius 2 is 2.71 bits per heavy atom. The summed E-state index contributed by atoms with van der Waals surface area (Å²) < 4.78 is 0. The zero-order valence-electron chi connectivity index (χ0n) is 3.79. The SMILES string of the molecule is O=[C]N1CCC=N1. The van der Waals surface area contributed by atoms with E-state index in [9.17, 15) is 4.79 Å². The van der Waals surface area contributed by atoms with Crippen LogP contribution in [0.5, 0.6) is 0 Å². The lowest BCUT2D eigenvalue weighted by Crippen LogP contribution is -2.09. The molecular weight excluding hydrogens is 92.1 g/mol. The number of hydrazone groups is 1. The Balaban J connectivity index is 2.42. The number of nitrogens with zero attached hydrogens (tertiary/aromatic N) is 2. The highest BCUT2D eigenvalue weighted by molar-refractivity contribution is 5.63. The maximum atomic E-state index is 9.69. The molecule has 1 rings (SSSR count). The second kappa shape index (κ2) is 1.73. The van der Waals surface area contributed by atoms with Crippen LogP contribution < -0.4 is 0 Å². The van der Waals surface area contributed by atoms with Gasteiger partial charge in [0.15, 0.2) is 0 Å². The van der Waals surface area contributed by atoms with Crippen LogP contribution in [-0.4, -0.2) is 24.2 Å². The summed E-state index contributed by atoms with van der Waals surface area (Å²) in [6.07, 6.45) is 4.22. The van der Waals surface area contributed by atoms with Gasteiger partial charge in [0.05, 0.1) is 6.54 Å². The van der Waals surface area contributed by atoms with Crippen molar-refractivity contribution in [2.45, 2.75) is 6.42 Å². The summed E-state index contributed by atoms with van der Waals surface area (Å²) in [5.74, 6) is 0. The average Bonchev–Trinajstić information content (AvgIpc) is 2.14. The van der Waals surface area contributed by atoms with Crippen molar-refractivity contribution >= 4 is 12.6 Å². The Morgan fingerprint density at radius 1 is 1.86 bits per heavy atom. The third kappa shape index (κ3) is 0.765. The number of amides is 1. The van der Waals surface area contributed by atoms with E-state index in [1.165, 1.54) is 5.01 Å². The van der Waals surface area contributed by atoms with Gasteiger partial charge in [-0.25, -0.2) is 5.01 Å². The van der Waals surface area contributed by atoms with Crippen LogP contribution in [0.4, 0.5) is 0 Å². The van der Waals surface area contributed by atoms with Crippen LogP contribution in [0.15, 0.2) is 5.10 Å². The van der Waals surface area contributed by atoms with Crippen LogP contribution in [0.2, 0.25) is 0 Å². The average molecular weight is 97.1 g/mol. The molecule has 0 saturated heterocycles. The van der Waals surface area contributed by atoms with Gasteiger partial charge in [0.2, 0.25) is 0 Å². The smallest absolute Gasteiger partial charge is 0.261 e. The first-order valence-corrected chi connectivity index (χ1v) is 2.11. The van der Waals surface area contributed by atoms with E-state index in [0.29, 0.717) is 6.54 Å². The molecule has 0 atom stereocenters. The molecule has 0 aromatic rings. The Bertz CT molecular complexity index is 99.9. The van der Waals surface area contributed by atoms with Gasteiger partial charge in [-0.3, -0.25) is 4.79 Å². The van der Waals surface area contributed by atoms with Gasteiger partial charge in [0, 0.05) is 12.6 Å². The molecule has 0 unspecified atom stereocenters. The maximum absolute atomic E-state index is 9.69. The molecule has 0 aromatic carbocycles. The Labute approximate surface area is 41.6 Å². The van der Waals surface area contributed by atoms with Gasteiger partial charge in [0.25, 0.3) is 0 Å². The van der Waals surface area contributed by atoms with Gasteiger partial charge in [-0.05, 0) is 0 Å². The topological polar surface area (TPSA) is 32.7 Å². The molecule has 0 saturated carbocycles. The molecule has 1 heterocycles. The maximum Gasteiger partial charge on any atom is 0.334 e. The first kappa shape index (κ1) is 4.30. The van der Waals surface area contributed by atoms with Gasteiger partial charge in [0.1, 0.15) is 0 Å². The van der Waals surface area contributed by atoms with E-state index in [1.807, 2.05) is 0 Å². The van der Waals surface area contributed by atoms with Gasteiger partial charge < -0.3 is 0 Å². The summed E-state index contributed by atoms with van der Waals surface area (Å²) in [4.78, 5) is 9.69. The minimum atomic E-state index is 0.698. The van der Waals surface area contributed by atoms with Crippen molar-refractivity contribution in [2.24, 2.45) is 5.10 Å². The molecule has 0 spiro atoms. The van der Waals surface area contributed by atoms with E-state index in [1.54, 1.807) is 12.6 Å². The summed E-state index contributed by atoms with van der Waals surface area (Å²) >= 11 is 0. The second-order valence-electron chi connectivity index (χ2n) is 1.30. The second-order valence-corrected chi connectivity index (χ2v) is 1.30. The van der Waals surface area contributed by atoms with E-state index in [4.69, 9.17) is 0 Å². The highest BCUT2D eigenvalue weighted by Gasteiger charge is 2.01. The van der Waals surface area contributed by atoms with Crippen LogP contribution >= 0.6 is 0 Å². The molecule has 3 nitrogen and oxygen atoms in total. The fourth-order valence-electron chi connectivity index (χ4n) is 0.463. The van der Waals surface area contributed by atoms with Crippen molar-refractivity contribution in [1.29, 1.82) is 0 Å². The molecule has 0 fully saturated rings. The van der Waals surface area contributed by atoms with Gasteiger partial charge in [-0.15, -0.1) is 0 Å². The van der Waals surface area contributed by atoms with Crippen molar-refractivity contribution in [3.05, 3.63) is 0 Å². The van der Waals surface area contributed by atoms with E-state index in [2.05, 4.69) is 5.10 Å². The molecule has 1 aliphatic heterocycles. The molecular formula is C4H5N2O. The molecule has 7 heavy (non-hydrogen) atoms. The Hall–Kier alpha value is -0.860. The molecule has 1 amide bonds. The lowest BCUT2D eigenvalue weighted by Gasteiger charge is -1.96. The first-order chi connectivity index (χ1) is 3.43. The third-order valence-corrected chi connectivity index (χ3v) is 0.796. The van der Waals surface area contributed by atoms with Gasteiger partial charge >= 0.3 is 6.41 Å². The fraction of sp³-hybridized carbons (Fsp3) is 0.500. The molecule has 0 aromatic heterocycles. The van der Waals surface area contributed by atoms with E-state index in [0.717, 1.165) is 6.42 Å². The standard InChI is InChI=1S/C4H5N2O/c7-4-6-3-1-2-5-6/h2H,1,3H2. The minimum Gasteiger partial charge on any atom is -0.261 e. The molecule has 37 valence electrons. The van der Waals surface area contributed by atoms with Crippen LogP contribution in [0.3, 0.4) is 0 Å². The molecule has 1 radical (unpaired) electrons. The monoisotopic (exact) mass is 97.0 g/mol. The van der Waals surface area contributed by atoms with Crippen molar-refractivity contribution in [3.63, 3.8) is 0 Å². The zero-order valence-corrected chi connectivity index (χ0v) is 3.79. The zero-order chi connectivity index (χ0) is 5.11. The predicted octanol–water partition coefficient (Wildman–Crippen LogP) is -0.255. The summed E-state index contributed by atoms with van der Waals surface area (Å²) in [5.41, 5.74) is 0. The van der Waals surface area contributed by atoms with Gasteiger partial charge in [-0.2, -0.15) is 5.10 Å². The summed E-state index contributed by atoms with van der Waals surface area (Å²) in [6, 6.07) is 0. The lowest BCUT2D eigenvalue weighted by atomic mass is 10.5. The quantitative estimate of drug-likeness (QED) is 0.444. The highest BCUT2D eigenvalue weighted by Crippen LogP contribution is 1.92. The number of hydrogen-bond donors (Lipinski definition) is 0. The summed E-state index contributed by atoms with van der Waals surface area (Å²) in [7, 11) is 0. The minimum absolute atomic E-state index is 0.698. The van der Waals surface area contributed by atoms with Crippen LogP contribution in [0.25, 0.3) is 0 Å². The Kier molecular flexibility index (Phi) is 1.06. The molecule has 0 aliphatic carbocycles. The van der Waals surface area contributed by atoms with Crippen molar-refractivity contribution < 1.29 is 4.79 Å². The highest BCUT2D eigenvalue weighted by atomic mass is 16.1. The summed E-state index contributed by atoms with van der Waals surface area (Å²) in [6.45, 7) is 0.698. The lowest BCUT2D eigenvalue weighted by molar-refractivity contribution is 0.424. The van der Waals surface area contributed by atoms with Crippen molar-refractivity contribution in [3.8, 4) is 0 Å². The molecule has 3 heteroatoms. The number of rotatable bonds is 1. The van der Waals surface area contributed by atoms with Crippen LogP contribution in [0.1, 0.15) is 6.42 Å². The van der Waals surface area contributed by atoms with E-state index < -0.39 is 0 Å². The normalized spacial score (nSPS) is 18.0. The van der Waals surface area contributed by atoms with Crippen LogP contribution in [0, 0.1) is 0 Å². The van der Waals surface area contributed by atoms with E-state index in [-0.39, 0.29) is 0 Å². The summed E-state index contributed by atoms with van der Waals surface area (Å²) in [5, 5.41) is 4.89. The van der Waals surface area contributed by atoms with E-state index >= 15 is 0 Å². The largest absolute Gasteiger partial charge is 0.334 e. The third-order valence-electron chi connectivity index (χ3n) is 0.796. The molecule has 0 bridgehead atoms.